The van der Waals surface area contributed by atoms with Crippen molar-refractivity contribution in [1.82, 2.24) is 9.55 Å². The fourth-order valence-corrected chi connectivity index (χ4v) is 3.54. The first kappa shape index (κ1) is 19.0. The Morgan fingerprint density at radius 3 is 2.56 bits per heavy atom. The summed E-state index contributed by atoms with van der Waals surface area (Å²) in [5.41, 5.74) is 0.864. The molecule has 0 spiro atoms. The van der Waals surface area contributed by atoms with E-state index in [1.807, 2.05) is 6.07 Å². The molecule has 3 aromatic rings. The number of para-hydroxylation sites is 1. The van der Waals surface area contributed by atoms with Crippen molar-refractivity contribution in [3.05, 3.63) is 52.8 Å². The molecule has 0 saturated carbocycles. The number of ether oxygens (including phenoxy) is 2. The van der Waals surface area contributed by atoms with Crippen LogP contribution in [0, 0.1) is 0 Å². The van der Waals surface area contributed by atoms with Crippen molar-refractivity contribution < 1.29 is 14.3 Å². The van der Waals surface area contributed by atoms with Gasteiger partial charge in [0.25, 0.3) is 5.56 Å². The first-order chi connectivity index (χ1) is 13.0. The van der Waals surface area contributed by atoms with E-state index in [1.54, 1.807) is 50.4 Å². The number of methoxy groups -OCH3 is 2. The van der Waals surface area contributed by atoms with Crippen molar-refractivity contribution in [2.24, 2.45) is 0 Å². The van der Waals surface area contributed by atoms with E-state index in [4.69, 9.17) is 9.47 Å². The Morgan fingerprint density at radius 1 is 1.15 bits per heavy atom. The highest BCUT2D eigenvalue weighted by Crippen LogP contribution is 2.31. The molecule has 3 rings (SSSR count). The van der Waals surface area contributed by atoms with E-state index in [0.29, 0.717) is 33.2 Å². The summed E-state index contributed by atoms with van der Waals surface area (Å²) in [6, 6.07) is 12.4. The zero-order chi connectivity index (χ0) is 19.6. The Morgan fingerprint density at radius 2 is 1.89 bits per heavy atom. The molecule has 0 N–H and O–H groups in total. The van der Waals surface area contributed by atoms with E-state index in [-0.39, 0.29) is 16.6 Å². The number of carbonyl (C=O) groups excluding carboxylic acids is 1. The van der Waals surface area contributed by atoms with Crippen molar-refractivity contribution in [2.45, 2.75) is 24.3 Å². The molecule has 0 unspecified atom stereocenters. The molecule has 6 nitrogen and oxygen atoms in total. The summed E-state index contributed by atoms with van der Waals surface area (Å²) in [5, 5.41) is 0.566. The maximum atomic E-state index is 13.3. The molecule has 0 amide bonds. The van der Waals surface area contributed by atoms with E-state index in [1.165, 1.54) is 30.4 Å². The molecule has 0 saturated heterocycles. The number of fused-ring (bicyclic) bond motifs is 1. The van der Waals surface area contributed by atoms with E-state index in [9.17, 15) is 9.59 Å². The van der Waals surface area contributed by atoms with Gasteiger partial charge in [0.05, 0.1) is 36.1 Å². The SMILES string of the molecule is COc1ccc(OC)c(-n2c(S[C@@H](C)C(C)=O)nc3ccccc3c2=O)c1. The van der Waals surface area contributed by atoms with Crippen molar-refractivity contribution >= 4 is 28.4 Å². The number of ketones is 1. The number of aromatic nitrogens is 2. The summed E-state index contributed by atoms with van der Waals surface area (Å²) in [4.78, 5) is 29.7. The van der Waals surface area contributed by atoms with Crippen molar-refractivity contribution in [2.75, 3.05) is 14.2 Å². The van der Waals surface area contributed by atoms with Gasteiger partial charge in [0.1, 0.15) is 17.3 Å². The second-order valence-corrected chi connectivity index (χ2v) is 7.27. The van der Waals surface area contributed by atoms with Gasteiger partial charge in [-0.05, 0) is 38.1 Å². The lowest BCUT2D eigenvalue weighted by atomic mass is 10.2. The molecule has 1 heterocycles. The van der Waals surface area contributed by atoms with E-state index < -0.39 is 0 Å². The van der Waals surface area contributed by atoms with Crippen LogP contribution < -0.4 is 15.0 Å². The standard InChI is InChI=1S/C20H20N2O4S/c1-12(23)13(2)27-20-21-16-8-6-5-7-15(16)19(24)22(20)17-11-14(25-3)9-10-18(17)26-4/h5-11,13H,1-4H3/t13-/m0/s1. The molecule has 0 bridgehead atoms. The molecular formula is C20H20N2O4S. The van der Waals surface area contributed by atoms with Crippen LogP contribution in [0.1, 0.15) is 13.8 Å². The number of Topliss-reactive ketones (excluding diaryl/α,β-unsaturated/α-hetero) is 1. The topological polar surface area (TPSA) is 70.4 Å². The smallest absolute Gasteiger partial charge is 0.266 e. The minimum absolute atomic E-state index is 0.00608. The monoisotopic (exact) mass is 384 g/mol. The van der Waals surface area contributed by atoms with Crippen LogP contribution in [-0.4, -0.2) is 34.8 Å². The molecule has 27 heavy (non-hydrogen) atoms. The molecule has 0 aliphatic heterocycles. The lowest BCUT2D eigenvalue weighted by Crippen LogP contribution is -2.23. The van der Waals surface area contributed by atoms with Crippen LogP contribution >= 0.6 is 11.8 Å². The van der Waals surface area contributed by atoms with Gasteiger partial charge >= 0.3 is 0 Å². The van der Waals surface area contributed by atoms with E-state index >= 15 is 0 Å². The number of carbonyl (C=O) groups is 1. The van der Waals surface area contributed by atoms with Crippen molar-refractivity contribution in [1.29, 1.82) is 0 Å². The molecule has 140 valence electrons. The third-order valence-corrected chi connectivity index (χ3v) is 5.40. The third kappa shape index (κ3) is 3.68. The summed E-state index contributed by atoms with van der Waals surface area (Å²) < 4.78 is 12.2. The van der Waals surface area contributed by atoms with Crippen molar-refractivity contribution in [3.8, 4) is 17.2 Å². The molecular weight excluding hydrogens is 364 g/mol. The Labute approximate surface area is 161 Å². The number of hydrogen-bond donors (Lipinski definition) is 0. The van der Waals surface area contributed by atoms with Crippen LogP contribution in [0.15, 0.2) is 52.4 Å². The average molecular weight is 384 g/mol. The van der Waals surface area contributed by atoms with Gasteiger partial charge in [-0.3, -0.25) is 14.2 Å². The van der Waals surface area contributed by atoms with Crippen molar-refractivity contribution in [3.63, 3.8) is 0 Å². The zero-order valence-corrected chi connectivity index (χ0v) is 16.4. The fraction of sp³-hybridized carbons (Fsp3) is 0.250. The Balaban J connectivity index is 2.35. The second kappa shape index (κ2) is 7.84. The quantitative estimate of drug-likeness (QED) is 0.479. The summed E-state index contributed by atoms with van der Waals surface area (Å²) in [5.74, 6) is 1.10. The Kier molecular flexibility index (Phi) is 5.51. The zero-order valence-electron chi connectivity index (χ0n) is 15.6. The van der Waals surface area contributed by atoms with Gasteiger partial charge < -0.3 is 9.47 Å². The normalized spacial score (nSPS) is 12.0. The maximum absolute atomic E-state index is 13.3. The summed E-state index contributed by atoms with van der Waals surface area (Å²) >= 11 is 1.24. The van der Waals surface area contributed by atoms with Gasteiger partial charge in [0, 0.05) is 6.07 Å². The number of nitrogens with zero attached hydrogens (tertiary/aromatic N) is 2. The number of thioether (sulfide) groups is 1. The van der Waals surface area contributed by atoms with Crippen LogP contribution in [-0.2, 0) is 4.79 Å². The number of hydrogen-bond acceptors (Lipinski definition) is 6. The lowest BCUT2D eigenvalue weighted by Gasteiger charge is -2.18. The Hall–Kier alpha value is -2.80. The summed E-state index contributed by atoms with van der Waals surface area (Å²) in [6.45, 7) is 3.31. The highest BCUT2D eigenvalue weighted by Gasteiger charge is 2.20. The largest absolute Gasteiger partial charge is 0.497 e. The predicted molar refractivity (Wildman–Crippen MR) is 106 cm³/mol. The molecule has 2 aromatic carbocycles. The van der Waals surface area contributed by atoms with Crippen LogP contribution in [0.5, 0.6) is 11.5 Å². The lowest BCUT2D eigenvalue weighted by molar-refractivity contribution is -0.116. The van der Waals surface area contributed by atoms with Crippen LogP contribution in [0.3, 0.4) is 0 Å². The van der Waals surface area contributed by atoms with E-state index in [2.05, 4.69) is 4.98 Å². The first-order valence-corrected chi connectivity index (χ1v) is 9.25. The molecule has 7 heteroatoms. The van der Waals surface area contributed by atoms with Gasteiger partial charge in [-0.15, -0.1) is 0 Å². The third-order valence-electron chi connectivity index (χ3n) is 4.23. The number of benzene rings is 2. The van der Waals surface area contributed by atoms with Crippen LogP contribution in [0.4, 0.5) is 0 Å². The van der Waals surface area contributed by atoms with E-state index in [0.717, 1.165) is 0 Å². The first-order valence-electron chi connectivity index (χ1n) is 8.37. The summed E-state index contributed by atoms with van der Waals surface area (Å²) in [7, 11) is 3.09. The minimum atomic E-state index is -0.346. The minimum Gasteiger partial charge on any atom is -0.497 e. The Bertz CT molecular complexity index is 1060. The van der Waals surface area contributed by atoms with Gasteiger partial charge in [-0.2, -0.15) is 0 Å². The fourth-order valence-electron chi connectivity index (χ4n) is 2.62. The van der Waals surface area contributed by atoms with Gasteiger partial charge in [0.2, 0.25) is 0 Å². The summed E-state index contributed by atoms with van der Waals surface area (Å²) in [6.07, 6.45) is 0. The van der Waals surface area contributed by atoms with Crippen LogP contribution in [0.25, 0.3) is 16.6 Å². The number of rotatable bonds is 6. The van der Waals surface area contributed by atoms with Crippen LogP contribution in [0.2, 0.25) is 0 Å². The average Bonchev–Trinajstić information content (AvgIpc) is 2.67. The molecule has 1 aromatic heterocycles. The highest BCUT2D eigenvalue weighted by atomic mass is 32.2. The predicted octanol–water partition coefficient (Wildman–Crippen LogP) is 3.47. The molecule has 0 aliphatic rings. The maximum Gasteiger partial charge on any atom is 0.266 e. The molecule has 0 radical (unpaired) electrons. The molecule has 1 atom stereocenters. The van der Waals surface area contributed by atoms with Gasteiger partial charge in [-0.25, -0.2) is 4.98 Å². The molecule has 0 fully saturated rings. The second-order valence-electron chi connectivity index (χ2n) is 5.96. The van der Waals surface area contributed by atoms with Gasteiger partial charge in [0.15, 0.2) is 5.16 Å². The highest BCUT2D eigenvalue weighted by molar-refractivity contribution is 8.00. The van der Waals surface area contributed by atoms with Gasteiger partial charge in [-0.1, -0.05) is 23.9 Å². The molecule has 0 aliphatic carbocycles.